The SMILES string of the molecule is COc1ccccc1CNC(=O)c1ccnc(Nc2ccc(C#N)cc2)n1. The summed E-state index contributed by atoms with van der Waals surface area (Å²) >= 11 is 0. The Hall–Kier alpha value is -3.92. The molecule has 0 aliphatic carbocycles. The van der Waals surface area contributed by atoms with Crippen molar-refractivity contribution in [3.05, 3.63) is 77.6 Å². The van der Waals surface area contributed by atoms with Gasteiger partial charge in [-0.25, -0.2) is 9.97 Å². The number of hydrogen-bond donors (Lipinski definition) is 2. The van der Waals surface area contributed by atoms with E-state index in [4.69, 9.17) is 10.00 Å². The van der Waals surface area contributed by atoms with Gasteiger partial charge in [0.15, 0.2) is 0 Å². The molecular weight excluding hydrogens is 342 g/mol. The first-order chi connectivity index (χ1) is 13.2. The minimum atomic E-state index is -0.314. The summed E-state index contributed by atoms with van der Waals surface area (Å²) < 4.78 is 5.28. The van der Waals surface area contributed by atoms with Crippen molar-refractivity contribution in [2.45, 2.75) is 6.54 Å². The molecule has 0 radical (unpaired) electrons. The van der Waals surface area contributed by atoms with Crippen LogP contribution in [0.4, 0.5) is 11.6 Å². The Bertz CT molecular complexity index is 980. The van der Waals surface area contributed by atoms with Crippen LogP contribution in [0.5, 0.6) is 5.75 Å². The predicted octanol–water partition coefficient (Wildman–Crippen LogP) is 3.03. The van der Waals surface area contributed by atoms with Gasteiger partial charge in [0.05, 0.1) is 18.7 Å². The molecule has 0 saturated heterocycles. The number of nitrogens with one attached hydrogen (secondary N) is 2. The molecule has 7 heteroatoms. The van der Waals surface area contributed by atoms with Crippen molar-refractivity contribution in [2.75, 3.05) is 12.4 Å². The van der Waals surface area contributed by atoms with Crippen molar-refractivity contribution in [3.8, 4) is 11.8 Å². The van der Waals surface area contributed by atoms with Gasteiger partial charge in [0.25, 0.3) is 5.91 Å². The highest BCUT2D eigenvalue weighted by atomic mass is 16.5. The number of anilines is 2. The Labute approximate surface area is 156 Å². The number of hydrogen-bond acceptors (Lipinski definition) is 6. The zero-order valence-corrected chi connectivity index (χ0v) is 14.6. The van der Waals surface area contributed by atoms with E-state index in [1.54, 1.807) is 37.4 Å². The number of para-hydroxylation sites is 1. The quantitative estimate of drug-likeness (QED) is 0.702. The number of nitrogens with zero attached hydrogens (tertiary/aromatic N) is 3. The van der Waals surface area contributed by atoms with Gasteiger partial charge in [-0.05, 0) is 36.4 Å². The molecule has 1 amide bonds. The molecule has 3 aromatic rings. The van der Waals surface area contributed by atoms with Crippen LogP contribution in [0.3, 0.4) is 0 Å². The molecule has 0 aliphatic rings. The number of rotatable bonds is 6. The number of carbonyl (C=O) groups is 1. The van der Waals surface area contributed by atoms with E-state index in [1.165, 1.54) is 6.20 Å². The average molecular weight is 359 g/mol. The first kappa shape index (κ1) is 17.9. The summed E-state index contributed by atoms with van der Waals surface area (Å²) in [7, 11) is 1.59. The summed E-state index contributed by atoms with van der Waals surface area (Å²) in [5.41, 5.74) is 2.40. The van der Waals surface area contributed by atoms with E-state index in [2.05, 4.69) is 26.7 Å². The van der Waals surface area contributed by atoms with Crippen LogP contribution >= 0.6 is 0 Å². The van der Waals surface area contributed by atoms with E-state index in [9.17, 15) is 4.79 Å². The number of amides is 1. The van der Waals surface area contributed by atoms with Gasteiger partial charge in [0, 0.05) is 24.0 Å². The van der Waals surface area contributed by atoms with Crippen LogP contribution in [-0.2, 0) is 6.54 Å². The first-order valence-electron chi connectivity index (χ1n) is 8.20. The molecule has 3 rings (SSSR count). The maximum atomic E-state index is 12.4. The second-order valence-corrected chi connectivity index (χ2v) is 5.57. The monoisotopic (exact) mass is 359 g/mol. The third-order valence-corrected chi connectivity index (χ3v) is 3.79. The molecule has 2 N–H and O–H groups in total. The van der Waals surface area contributed by atoms with Crippen molar-refractivity contribution in [3.63, 3.8) is 0 Å². The second-order valence-electron chi connectivity index (χ2n) is 5.57. The predicted molar refractivity (Wildman–Crippen MR) is 101 cm³/mol. The molecule has 0 saturated carbocycles. The van der Waals surface area contributed by atoms with Crippen molar-refractivity contribution in [1.29, 1.82) is 5.26 Å². The van der Waals surface area contributed by atoms with Crippen LogP contribution in [0.15, 0.2) is 60.8 Å². The van der Waals surface area contributed by atoms with Gasteiger partial charge in [0.1, 0.15) is 11.4 Å². The number of benzene rings is 2. The molecule has 0 spiro atoms. The zero-order valence-electron chi connectivity index (χ0n) is 14.6. The highest BCUT2D eigenvalue weighted by Gasteiger charge is 2.10. The molecule has 134 valence electrons. The lowest BCUT2D eigenvalue weighted by atomic mass is 10.2. The maximum Gasteiger partial charge on any atom is 0.270 e. The zero-order chi connectivity index (χ0) is 19.1. The molecule has 0 bridgehead atoms. The summed E-state index contributed by atoms with van der Waals surface area (Å²) in [6, 6.07) is 17.9. The number of aromatic nitrogens is 2. The number of carbonyl (C=O) groups excluding carboxylic acids is 1. The van der Waals surface area contributed by atoms with Gasteiger partial charge in [-0.15, -0.1) is 0 Å². The highest BCUT2D eigenvalue weighted by Crippen LogP contribution is 2.17. The van der Waals surface area contributed by atoms with Crippen molar-refractivity contribution >= 4 is 17.5 Å². The first-order valence-corrected chi connectivity index (χ1v) is 8.20. The van der Waals surface area contributed by atoms with Crippen LogP contribution in [0.1, 0.15) is 21.6 Å². The Morgan fingerprint density at radius 1 is 1.15 bits per heavy atom. The lowest BCUT2D eigenvalue weighted by Gasteiger charge is -2.10. The molecule has 0 atom stereocenters. The molecule has 27 heavy (non-hydrogen) atoms. The molecule has 0 aliphatic heterocycles. The number of nitriles is 1. The normalized spacial score (nSPS) is 9.93. The Kier molecular flexibility index (Phi) is 5.60. The lowest BCUT2D eigenvalue weighted by molar-refractivity contribution is 0.0945. The van der Waals surface area contributed by atoms with Gasteiger partial charge in [0.2, 0.25) is 5.95 Å². The molecule has 1 heterocycles. The van der Waals surface area contributed by atoms with Crippen LogP contribution in [0.25, 0.3) is 0 Å². The Balaban J connectivity index is 1.67. The van der Waals surface area contributed by atoms with Gasteiger partial charge >= 0.3 is 0 Å². The second kappa shape index (κ2) is 8.45. The fourth-order valence-electron chi connectivity index (χ4n) is 2.42. The van der Waals surface area contributed by atoms with Crippen molar-refractivity contribution in [1.82, 2.24) is 15.3 Å². The Morgan fingerprint density at radius 2 is 1.93 bits per heavy atom. The highest BCUT2D eigenvalue weighted by molar-refractivity contribution is 5.92. The number of methoxy groups -OCH3 is 1. The van der Waals surface area contributed by atoms with Crippen LogP contribution in [0, 0.1) is 11.3 Å². The third-order valence-electron chi connectivity index (χ3n) is 3.79. The molecule has 0 unspecified atom stereocenters. The maximum absolute atomic E-state index is 12.4. The van der Waals surface area contributed by atoms with Gasteiger partial charge in [-0.1, -0.05) is 18.2 Å². The third kappa shape index (κ3) is 4.58. The summed E-state index contributed by atoms with van der Waals surface area (Å²) in [6.45, 7) is 0.325. The molecule has 1 aromatic heterocycles. The lowest BCUT2D eigenvalue weighted by Crippen LogP contribution is -2.24. The standard InChI is InChI=1S/C20H17N5O2/c1-27-18-5-3-2-4-15(18)13-23-19(26)17-10-11-22-20(25-17)24-16-8-6-14(12-21)7-9-16/h2-11H,13H2,1H3,(H,23,26)(H,22,24,25). The van der Waals surface area contributed by atoms with Crippen LogP contribution < -0.4 is 15.4 Å². The van der Waals surface area contributed by atoms with E-state index in [-0.39, 0.29) is 11.6 Å². The molecular formula is C20H17N5O2. The van der Waals surface area contributed by atoms with Crippen molar-refractivity contribution < 1.29 is 9.53 Å². The van der Waals surface area contributed by atoms with Gasteiger partial charge < -0.3 is 15.4 Å². The number of ether oxygens (including phenoxy) is 1. The smallest absolute Gasteiger partial charge is 0.270 e. The average Bonchev–Trinajstić information content (AvgIpc) is 2.73. The largest absolute Gasteiger partial charge is 0.496 e. The molecule has 0 fully saturated rings. The summed E-state index contributed by atoms with van der Waals surface area (Å²) in [4.78, 5) is 20.8. The van der Waals surface area contributed by atoms with Crippen LogP contribution in [-0.4, -0.2) is 23.0 Å². The fraction of sp³-hybridized carbons (Fsp3) is 0.100. The van der Waals surface area contributed by atoms with E-state index in [0.717, 1.165) is 11.3 Å². The minimum Gasteiger partial charge on any atom is -0.496 e. The summed E-state index contributed by atoms with van der Waals surface area (Å²) in [5, 5.41) is 14.7. The van der Waals surface area contributed by atoms with E-state index in [0.29, 0.717) is 23.8 Å². The minimum absolute atomic E-state index is 0.246. The topological polar surface area (TPSA) is 99.9 Å². The Morgan fingerprint density at radius 3 is 2.67 bits per heavy atom. The molecule has 2 aromatic carbocycles. The van der Waals surface area contributed by atoms with E-state index in [1.807, 2.05) is 24.3 Å². The van der Waals surface area contributed by atoms with Crippen molar-refractivity contribution in [2.24, 2.45) is 0 Å². The van der Waals surface area contributed by atoms with E-state index >= 15 is 0 Å². The van der Waals surface area contributed by atoms with Crippen LogP contribution in [0.2, 0.25) is 0 Å². The molecule has 7 nitrogen and oxygen atoms in total. The van der Waals surface area contributed by atoms with Gasteiger partial charge in [-0.3, -0.25) is 4.79 Å². The summed E-state index contributed by atoms with van der Waals surface area (Å²) in [6.07, 6.45) is 1.51. The fourth-order valence-corrected chi connectivity index (χ4v) is 2.42. The van der Waals surface area contributed by atoms with E-state index < -0.39 is 0 Å². The van der Waals surface area contributed by atoms with Gasteiger partial charge in [-0.2, -0.15) is 5.26 Å². The summed E-state index contributed by atoms with van der Waals surface area (Å²) in [5.74, 6) is 0.694.